The number of amides is 1. The molecule has 5 heteroatoms. The molecule has 7 atom stereocenters. The number of carbonyl (C=O) groups is 2. The number of rotatable bonds is 1. The van der Waals surface area contributed by atoms with Crippen LogP contribution in [0.4, 0.5) is 4.39 Å². The molecule has 0 radical (unpaired) electrons. The van der Waals surface area contributed by atoms with E-state index in [-0.39, 0.29) is 28.8 Å². The molecule has 3 saturated carbocycles. The molecule has 1 amide bonds. The van der Waals surface area contributed by atoms with E-state index < -0.39 is 11.7 Å². The lowest BCUT2D eigenvalue weighted by molar-refractivity contribution is -0.156. The average molecular weight is 363 g/mol. The second kappa shape index (κ2) is 5.80. The van der Waals surface area contributed by atoms with Crippen LogP contribution in [0, 0.1) is 34.5 Å². The highest BCUT2D eigenvalue weighted by atomic mass is 19.1. The van der Waals surface area contributed by atoms with Gasteiger partial charge in [-0.3, -0.25) is 9.59 Å². The number of carbonyl (C=O) groups excluding carboxylic acids is 2. The van der Waals surface area contributed by atoms with E-state index in [1.54, 1.807) is 18.0 Å². The van der Waals surface area contributed by atoms with E-state index in [1.165, 1.54) is 7.11 Å². The molecular weight excluding hydrogens is 333 g/mol. The lowest BCUT2D eigenvalue weighted by Gasteiger charge is -2.60. The SMILES string of the molecule is COC(=O)[C@H]1CC[C@H]2[C@@H]3CC[C@H]4N(C)C(=O)C(F)=C[C@]4(C)C3CC[C@]12C. The van der Waals surface area contributed by atoms with Gasteiger partial charge in [0.05, 0.1) is 13.0 Å². The minimum Gasteiger partial charge on any atom is -0.469 e. The van der Waals surface area contributed by atoms with E-state index in [0.717, 1.165) is 38.5 Å². The molecule has 1 aliphatic heterocycles. The maximum atomic E-state index is 14.4. The zero-order chi connectivity index (χ0) is 18.9. The molecule has 3 aliphatic carbocycles. The zero-order valence-corrected chi connectivity index (χ0v) is 16.3. The normalized spacial score (nSPS) is 47.6. The summed E-state index contributed by atoms with van der Waals surface area (Å²) in [5.41, 5.74) is -0.309. The molecule has 4 rings (SSSR count). The second-order valence-corrected chi connectivity index (χ2v) is 9.44. The maximum Gasteiger partial charge on any atom is 0.309 e. The number of likely N-dealkylation sites (N-methyl/N-ethyl adjacent to an activating group) is 1. The molecule has 0 N–H and O–H groups in total. The Morgan fingerprint density at radius 3 is 2.62 bits per heavy atom. The number of nitrogens with zero attached hydrogens (tertiary/aromatic N) is 1. The Kier molecular flexibility index (Phi) is 4.02. The van der Waals surface area contributed by atoms with Crippen molar-refractivity contribution in [2.45, 2.75) is 58.4 Å². The van der Waals surface area contributed by atoms with Gasteiger partial charge in [-0.1, -0.05) is 13.8 Å². The van der Waals surface area contributed by atoms with Crippen LogP contribution in [-0.2, 0) is 14.3 Å². The Bertz CT molecular complexity index is 676. The van der Waals surface area contributed by atoms with Crippen LogP contribution in [0.25, 0.3) is 0 Å². The summed E-state index contributed by atoms with van der Waals surface area (Å²) in [6.07, 6.45) is 7.54. The smallest absolute Gasteiger partial charge is 0.309 e. The van der Waals surface area contributed by atoms with Crippen molar-refractivity contribution in [3.05, 3.63) is 11.9 Å². The molecule has 4 aliphatic rings. The minimum absolute atomic E-state index is 0.00387. The standard InChI is InChI=1S/C21H30FNO3/c1-20-10-9-14-12(13(20)6-7-15(20)19(25)26-4)5-8-17-21(14,2)11-16(22)18(24)23(17)3/h11-15,17H,5-10H2,1-4H3/t12-,13-,14?,15+,17+,20-,21+/m0/s1. The number of hydrogen-bond donors (Lipinski definition) is 0. The van der Waals surface area contributed by atoms with Gasteiger partial charge < -0.3 is 9.64 Å². The number of ether oxygens (including phenoxy) is 1. The van der Waals surface area contributed by atoms with Crippen LogP contribution in [-0.4, -0.2) is 37.0 Å². The number of hydrogen-bond acceptors (Lipinski definition) is 3. The summed E-state index contributed by atoms with van der Waals surface area (Å²) in [4.78, 5) is 26.1. The molecule has 0 aromatic heterocycles. The Labute approximate surface area is 155 Å². The van der Waals surface area contributed by atoms with E-state index in [2.05, 4.69) is 13.8 Å². The summed E-state index contributed by atoms with van der Waals surface area (Å²) < 4.78 is 19.5. The van der Waals surface area contributed by atoms with E-state index in [0.29, 0.717) is 17.8 Å². The van der Waals surface area contributed by atoms with Crippen molar-refractivity contribution in [1.82, 2.24) is 4.90 Å². The summed E-state index contributed by atoms with van der Waals surface area (Å²) in [6.45, 7) is 4.41. The number of halogens is 1. The molecule has 144 valence electrons. The molecule has 1 unspecified atom stereocenters. The molecule has 0 saturated heterocycles. The third-order valence-electron chi connectivity index (χ3n) is 8.64. The van der Waals surface area contributed by atoms with E-state index in [9.17, 15) is 14.0 Å². The fraction of sp³-hybridized carbons (Fsp3) is 0.810. The van der Waals surface area contributed by atoms with Crippen LogP contribution in [0.2, 0.25) is 0 Å². The van der Waals surface area contributed by atoms with Crippen molar-refractivity contribution >= 4 is 11.9 Å². The third-order valence-corrected chi connectivity index (χ3v) is 8.64. The predicted molar refractivity (Wildman–Crippen MR) is 95.6 cm³/mol. The van der Waals surface area contributed by atoms with E-state index in [4.69, 9.17) is 4.74 Å². The summed E-state index contributed by atoms with van der Waals surface area (Å²) in [5.74, 6) is 0.210. The van der Waals surface area contributed by atoms with E-state index in [1.807, 2.05) is 0 Å². The maximum absolute atomic E-state index is 14.4. The van der Waals surface area contributed by atoms with Crippen molar-refractivity contribution in [3.63, 3.8) is 0 Å². The first-order valence-corrected chi connectivity index (χ1v) is 9.97. The first-order valence-electron chi connectivity index (χ1n) is 9.97. The molecular formula is C21H30FNO3. The zero-order valence-electron chi connectivity index (χ0n) is 16.3. The number of fused-ring (bicyclic) bond motifs is 5. The lowest BCUT2D eigenvalue weighted by atomic mass is 9.47. The molecule has 0 aromatic rings. The minimum atomic E-state index is -0.598. The van der Waals surface area contributed by atoms with Gasteiger partial charge in [0, 0.05) is 18.5 Å². The summed E-state index contributed by atoms with van der Waals surface area (Å²) in [5, 5.41) is 0. The van der Waals surface area contributed by atoms with Gasteiger partial charge in [-0.25, -0.2) is 4.39 Å². The molecule has 1 heterocycles. The largest absolute Gasteiger partial charge is 0.469 e. The van der Waals surface area contributed by atoms with Gasteiger partial charge in [-0.05, 0) is 67.8 Å². The monoisotopic (exact) mass is 363 g/mol. The van der Waals surface area contributed by atoms with Crippen LogP contribution in [0.15, 0.2) is 11.9 Å². The Morgan fingerprint density at radius 1 is 1.19 bits per heavy atom. The average Bonchev–Trinajstić information content (AvgIpc) is 2.96. The van der Waals surface area contributed by atoms with Gasteiger partial charge in [-0.2, -0.15) is 0 Å². The molecule has 0 aromatic carbocycles. The topological polar surface area (TPSA) is 46.6 Å². The van der Waals surface area contributed by atoms with Crippen LogP contribution >= 0.6 is 0 Å². The highest BCUT2D eigenvalue weighted by Crippen LogP contribution is 2.65. The number of methoxy groups -OCH3 is 1. The summed E-state index contributed by atoms with van der Waals surface area (Å²) in [6, 6.07) is 0.0814. The van der Waals surface area contributed by atoms with Gasteiger partial charge in [0.15, 0.2) is 5.83 Å². The molecule has 26 heavy (non-hydrogen) atoms. The first-order chi connectivity index (χ1) is 12.2. The van der Waals surface area contributed by atoms with Crippen molar-refractivity contribution < 1.29 is 18.7 Å². The third kappa shape index (κ3) is 2.18. The van der Waals surface area contributed by atoms with Crippen LogP contribution < -0.4 is 0 Å². The summed E-state index contributed by atoms with van der Waals surface area (Å²) in [7, 11) is 3.23. The van der Waals surface area contributed by atoms with Gasteiger partial charge in [-0.15, -0.1) is 0 Å². The fourth-order valence-corrected chi connectivity index (χ4v) is 7.36. The quantitative estimate of drug-likeness (QED) is 0.667. The fourth-order valence-electron chi connectivity index (χ4n) is 7.36. The molecule has 3 fully saturated rings. The van der Waals surface area contributed by atoms with Crippen molar-refractivity contribution in [2.24, 2.45) is 34.5 Å². The Morgan fingerprint density at radius 2 is 1.92 bits per heavy atom. The van der Waals surface area contributed by atoms with Gasteiger partial charge in [0.2, 0.25) is 0 Å². The van der Waals surface area contributed by atoms with Gasteiger partial charge in [0.1, 0.15) is 0 Å². The van der Waals surface area contributed by atoms with E-state index >= 15 is 0 Å². The molecule has 0 bridgehead atoms. The van der Waals surface area contributed by atoms with Crippen LogP contribution in [0.3, 0.4) is 0 Å². The molecule has 0 spiro atoms. The Balaban J connectivity index is 1.68. The highest BCUT2D eigenvalue weighted by molar-refractivity contribution is 5.92. The number of esters is 1. The van der Waals surface area contributed by atoms with Gasteiger partial charge in [0.25, 0.3) is 5.91 Å². The Hall–Kier alpha value is -1.39. The van der Waals surface area contributed by atoms with Crippen LogP contribution in [0.5, 0.6) is 0 Å². The van der Waals surface area contributed by atoms with Crippen molar-refractivity contribution in [2.75, 3.05) is 14.2 Å². The van der Waals surface area contributed by atoms with Crippen molar-refractivity contribution in [3.8, 4) is 0 Å². The highest BCUT2D eigenvalue weighted by Gasteiger charge is 2.62. The lowest BCUT2D eigenvalue weighted by Crippen LogP contribution is -2.60. The molecule has 4 nitrogen and oxygen atoms in total. The van der Waals surface area contributed by atoms with Gasteiger partial charge >= 0.3 is 5.97 Å². The summed E-state index contributed by atoms with van der Waals surface area (Å²) >= 11 is 0. The first kappa shape index (κ1) is 18.0. The second-order valence-electron chi connectivity index (χ2n) is 9.44. The predicted octanol–water partition coefficient (Wildman–Crippen LogP) is 3.71. The van der Waals surface area contributed by atoms with Crippen molar-refractivity contribution in [1.29, 1.82) is 0 Å². The van der Waals surface area contributed by atoms with Crippen LogP contribution in [0.1, 0.15) is 52.4 Å².